The van der Waals surface area contributed by atoms with Crippen LogP contribution in [0.2, 0.25) is 0 Å². The average Bonchev–Trinajstić information content (AvgIpc) is 3.43. The van der Waals surface area contributed by atoms with Gasteiger partial charge in [-0.05, 0) is 51.4 Å². The second-order valence-electron chi connectivity index (χ2n) is 31.5. The first-order valence-corrected chi connectivity index (χ1v) is 39.1. The van der Waals surface area contributed by atoms with E-state index in [2.05, 4.69) is 112 Å². The Balaban J connectivity index is -0.000000242. The molecule has 0 aromatic carbocycles. The highest BCUT2D eigenvalue weighted by molar-refractivity contribution is 4.54. The van der Waals surface area contributed by atoms with Gasteiger partial charge >= 0.3 is 0 Å². The molecule has 0 aliphatic heterocycles. The lowest BCUT2D eigenvalue weighted by Gasteiger charge is -2.57. The van der Waals surface area contributed by atoms with E-state index in [9.17, 15) is 15.3 Å². The summed E-state index contributed by atoms with van der Waals surface area (Å²) in [5.74, 6) is -3.21. The van der Waals surface area contributed by atoms with Gasteiger partial charge in [-0.15, -0.1) is 0 Å². The normalized spacial score (nSPS) is 11.9. The fourth-order valence-corrected chi connectivity index (χ4v) is 11.1. The molecule has 0 saturated heterocycles. The molecule has 0 heterocycles. The van der Waals surface area contributed by atoms with Crippen molar-refractivity contribution in [1.29, 1.82) is 0 Å². The van der Waals surface area contributed by atoms with Crippen molar-refractivity contribution in [3.8, 4) is 0 Å². The molecule has 0 bridgehead atoms. The van der Waals surface area contributed by atoms with Crippen LogP contribution in [0, 0.1) is 0 Å². The Hall–Kier alpha value is -0.320. The molecule has 0 fully saturated rings. The van der Waals surface area contributed by atoms with Crippen molar-refractivity contribution in [3.05, 3.63) is 0 Å². The Morgan fingerprint density at radius 3 is 0.322 bits per heavy atom. The van der Waals surface area contributed by atoms with Crippen LogP contribution in [0.15, 0.2) is 0 Å². The van der Waals surface area contributed by atoms with Gasteiger partial charge in [0.05, 0.1) is 111 Å². The molecule has 87 heavy (non-hydrogen) atoms. The fraction of sp³-hybridized carbons (Fsp3) is 1.00. The van der Waals surface area contributed by atoms with Crippen molar-refractivity contribution >= 4 is 0 Å². The van der Waals surface area contributed by atoms with Crippen LogP contribution < -0.4 is 15.3 Å². The van der Waals surface area contributed by atoms with Gasteiger partial charge in [-0.25, -0.2) is 0 Å². The summed E-state index contributed by atoms with van der Waals surface area (Å²) >= 11 is 0. The van der Waals surface area contributed by atoms with Crippen LogP contribution in [-0.4, -0.2) is 140 Å². The zero-order chi connectivity index (χ0) is 65.6. The van der Waals surface area contributed by atoms with Crippen LogP contribution in [0.5, 0.6) is 0 Å². The second-order valence-corrected chi connectivity index (χ2v) is 31.5. The van der Waals surface area contributed by atoms with Crippen LogP contribution in [0.25, 0.3) is 0 Å². The summed E-state index contributed by atoms with van der Waals surface area (Å²) in [6.45, 7) is 15.8. The van der Waals surface area contributed by atoms with Crippen LogP contribution in [0.3, 0.4) is 0 Å². The lowest BCUT2D eigenvalue weighted by Crippen LogP contribution is -2.66. The van der Waals surface area contributed by atoms with Crippen molar-refractivity contribution in [1.82, 2.24) is 0 Å². The van der Waals surface area contributed by atoms with E-state index in [4.69, 9.17) is 0 Å². The predicted molar refractivity (Wildman–Crippen MR) is 388 cm³/mol. The SMILES string of the molecule is CCC([O-])([O-])[O-].CCCCCCCCCCCCCCCC[N+](C)(C)C.CCCCCCCCCCCCCCCC[N+](C)(C)C.CCCCCCCCCCCCCCCC[N+](C)(C)C.CCCCCCCCCCCCCCCC[N+](C)(C)C.[OH-]. The fourth-order valence-electron chi connectivity index (χ4n) is 11.1. The first-order valence-electron chi connectivity index (χ1n) is 39.1. The van der Waals surface area contributed by atoms with Crippen LogP contribution >= 0.6 is 0 Å². The maximum atomic E-state index is 9.36. The Morgan fingerprint density at radius 2 is 0.253 bits per heavy atom. The predicted octanol–water partition coefficient (Wildman–Crippen LogP) is 21.6. The second kappa shape index (κ2) is 74.7. The Labute approximate surface area is 553 Å². The van der Waals surface area contributed by atoms with Gasteiger partial charge < -0.3 is 44.7 Å². The average molecular weight is 1240 g/mol. The summed E-state index contributed by atoms with van der Waals surface area (Å²) in [5.41, 5.74) is 0. The molecule has 0 aromatic heterocycles. The highest BCUT2D eigenvalue weighted by atomic mass is 16.7. The molecule has 0 aromatic rings. The molecule has 1 N–H and O–H groups in total. The first-order chi connectivity index (χ1) is 40.8. The molecule has 0 amide bonds. The van der Waals surface area contributed by atoms with E-state index in [0.717, 1.165) is 17.9 Å². The van der Waals surface area contributed by atoms with Gasteiger partial charge in [0.1, 0.15) is 0 Å². The van der Waals surface area contributed by atoms with E-state index in [1.165, 1.54) is 393 Å². The lowest BCUT2D eigenvalue weighted by atomic mass is 10.0. The van der Waals surface area contributed by atoms with E-state index in [1.807, 2.05) is 0 Å². The Morgan fingerprint density at radius 1 is 0.172 bits per heavy atom. The van der Waals surface area contributed by atoms with Gasteiger partial charge in [0.2, 0.25) is 0 Å². The van der Waals surface area contributed by atoms with Crippen molar-refractivity contribution < 1.29 is 38.7 Å². The molecule has 0 rings (SSSR count). The van der Waals surface area contributed by atoms with Crippen LogP contribution in [0.1, 0.15) is 401 Å². The first kappa shape index (κ1) is 97.8. The van der Waals surface area contributed by atoms with E-state index in [-0.39, 0.29) is 5.48 Å². The zero-order valence-electron chi connectivity index (χ0n) is 64.1. The third kappa shape index (κ3) is 120. The highest BCUT2D eigenvalue weighted by Gasteiger charge is 2.08. The summed E-state index contributed by atoms with van der Waals surface area (Å²) in [6, 6.07) is 0. The summed E-state index contributed by atoms with van der Waals surface area (Å²) in [7, 11) is 27.5. The molecule has 0 aliphatic carbocycles. The highest BCUT2D eigenvalue weighted by Crippen LogP contribution is 2.18. The maximum Gasteiger partial charge on any atom is 0.0780 e. The standard InChI is InChI=1S/4C19H42N.C3H5O3.H2O/c4*1-5-6-7-8-9-10-11-12-13-14-15-16-17-18-19-20(2,3)4;1-2-3(4,5)6;/h4*5-19H2,1-4H3;2H2,1H3;1H2/q4*+1;-3;/p-1. The third-order valence-electron chi connectivity index (χ3n) is 17.2. The number of hydrogen-bond donors (Lipinski definition) is 0. The summed E-state index contributed by atoms with van der Waals surface area (Å²) in [6.07, 6.45) is 81.1. The van der Waals surface area contributed by atoms with Crippen LogP contribution in [0.4, 0.5) is 0 Å². The molecule has 0 spiro atoms. The van der Waals surface area contributed by atoms with E-state index in [0.29, 0.717) is 0 Å². The topological polar surface area (TPSA) is 99.2 Å². The molecule has 0 atom stereocenters. The van der Waals surface area contributed by atoms with E-state index < -0.39 is 12.4 Å². The summed E-state index contributed by atoms with van der Waals surface area (Å²) in [4.78, 5) is 0. The minimum Gasteiger partial charge on any atom is -0.876 e. The Kier molecular flexibility index (Phi) is 84.0. The number of rotatable bonds is 61. The molecular formula is C79H174N4O4. The zero-order valence-corrected chi connectivity index (χ0v) is 64.1. The van der Waals surface area contributed by atoms with E-state index in [1.54, 1.807) is 0 Å². The minimum absolute atomic E-state index is 0. The van der Waals surface area contributed by atoms with Gasteiger partial charge in [0, 0.05) is 0 Å². The molecule has 0 radical (unpaired) electrons. The van der Waals surface area contributed by atoms with Crippen molar-refractivity contribution in [2.24, 2.45) is 0 Å². The number of quaternary nitrogens is 4. The molecular weight excluding hydrogens is 1070 g/mol. The maximum absolute atomic E-state index is 9.36. The van der Waals surface area contributed by atoms with Gasteiger partial charge in [0.15, 0.2) is 0 Å². The molecule has 534 valence electrons. The third-order valence-corrected chi connectivity index (χ3v) is 17.2. The lowest BCUT2D eigenvalue weighted by molar-refractivity contribution is -0.903. The summed E-state index contributed by atoms with van der Waals surface area (Å²) in [5, 5.41) is 28.1. The Bertz CT molecular complexity index is 1020. The van der Waals surface area contributed by atoms with Gasteiger partial charge in [-0.3, -0.25) is 0 Å². The van der Waals surface area contributed by atoms with E-state index >= 15 is 0 Å². The molecule has 8 heteroatoms. The quantitative estimate of drug-likeness (QED) is 0.0344. The number of nitrogens with zero attached hydrogens (tertiary/aromatic N) is 4. The largest absolute Gasteiger partial charge is 0.876 e. The van der Waals surface area contributed by atoms with Crippen molar-refractivity contribution in [2.45, 2.75) is 407 Å². The summed E-state index contributed by atoms with van der Waals surface area (Å²) < 4.78 is 4.49. The smallest absolute Gasteiger partial charge is 0.0780 e. The minimum atomic E-state index is -3.21. The van der Waals surface area contributed by atoms with Gasteiger partial charge in [-0.2, -0.15) is 0 Å². The molecule has 8 nitrogen and oxygen atoms in total. The van der Waals surface area contributed by atoms with Gasteiger partial charge in [0.25, 0.3) is 0 Å². The molecule has 0 unspecified atom stereocenters. The molecule has 0 aliphatic rings. The molecule has 0 saturated carbocycles. The monoisotopic (exact) mass is 1240 g/mol. The van der Waals surface area contributed by atoms with Crippen molar-refractivity contribution in [3.63, 3.8) is 0 Å². The number of hydrogen-bond acceptors (Lipinski definition) is 4. The van der Waals surface area contributed by atoms with Crippen molar-refractivity contribution in [2.75, 3.05) is 111 Å². The number of unbranched alkanes of at least 4 members (excludes halogenated alkanes) is 52. The van der Waals surface area contributed by atoms with Gasteiger partial charge in [-0.1, -0.05) is 349 Å². The van der Waals surface area contributed by atoms with Crippen LogP contribution in [-0.2, 0) is 0 Å².